The number of carbonyl (C=O) groups excluding carboxylic acids is 1. The molecule has 1 aromatic rings. The number of rotatable bonds is 3. The van der Waals surface area contributed by atoms with Crippen molar-refractivity contribution in [2.45, 2.75) is 69.5 Å². The molecule has 198 valence electrons. The maximum absolute atomic E-state index is 12.1. The van der Waals surface area contributed by atoms with Crippen LogP contribution in [-0.4, -0.2) is 80.4 Å². The van der Waals surface area contributed by atoms with Crippen LogP contribution in [0, 0.1) is 0 Å². The van der Waals surface area contributed by atoms with Crippen molar-refractivity contribution in [1.29, 1.82) is 0 Å². The van der Waals surface area contributed by atoms with Crippen molar-refractivity contribution >= 4 is 17.8 Å². The van der Waals surface area contributed by atoms with Crippen LogP contribution in [0.1, 0.15) is 44.7 Å². The zero-order valence-corrected chi connectivity index (χ0v) is 19.1. The summed E-state index contributed by atoms with van der Waals surface area (Å²) >= 11 is 0. The molecule has 2 aliphatic heterocycles. The van der Waals surface area contributed by atoms with Gasteiger partial charge in [-0.25, -0.2) is 9.59 Å². The van der Waals surface area contributed by atoms with Crippen molar-refractivity contribution in [3.05, 3.63) is 30.1 Å². The van der Waals surface area contributed by atoms with Gasteiger partial charge in [-0.05, 0) is 44.4 Å². The molecular formula is C21H27F6N3O5. The van der Waals surface area contributed by atoms with Crippen LogP contribution in [0.2, 0.25) is 0 Å². The number of nitrogens with zero attached hydrogens (tertiary/aromatic N) is 3. The maximum atomic E-state index is 12.1. The Bertz CT molecular complexity index is 841. The van der Waals surface area contributed by atoms with Crippen LogP contribution in [-0.2, 0) is 20.9 Å². The van der Waals surface area contributed by atoms with Gasteiger partial charge in [0.2, 0.25) is 5.91 Å². The second-order valence-corrected chi connectivity index (χ2v) is 7.98. The average molecular weight is 515 g/mol. The van der Waals surface area contributed by atoms with Crippen molar-refractivity contribution in [2.75, 3.05) is 13.6 Å². The summed E-state index contributed by atoms with van der Waals surface area (Å²) in [6, 6.07) is 6.55. The molecule has 1 amide bonds. The van der Waals surface area contributed by atoms with Crippen LogP contribution in [0.4, 0.5) is 26.3 Å². The summed E-state index contributed by atoms with van der Waals surface area (Å²) in [5.41, 5.74) is 1.18. The minimum Gasteiger partial charge on any atom is -0.475 e. The molecule has 2 N–H and O–H groups in total. The van der Waals surface area contributed by atoms with E-state index in [0.29, 0.717) is 18.4 Å². The van der Waals surface area contributed by atoms with Gasteiger partial charge < -0.3 is 15.1 Å². The predicted molar refractivity (Wildman–Crippen MR) is 110 cm³/mol. The SMILES string of the molecule is CC[C@@H]1N(Cc2ccccn2)CCC[C@]12CCC(=O)N2C.O=C(O)C(F)(F)F.O=C(O)C(F)(F)F. The average Bonchev–Trinajstić information content (AvgIpc) is 3.03. The first-order valence-corrected chi connectivity index (χ1v) is 10.6. The van der Waals surface area contributed by atoms with E-state index < -0.39 is 24.3 Å². The molecule has 2 atom stereocenters. The topological polar surface area (TPSA) is 111 Å². The van der Waals surface area contributed by atoms with Gasteiger partial charge in [-0.2, -0.15) is 26.3 Å². The third-order valence-electron chi connectivity index (χ3n) is 5.89. The minimum absolute atomic E-state index is 0.0544. The summed E-state index contributed by atoms with van der Waals surface area (Å²) in [7, 11) is 2.00. The van der Waals surface area contributed by atoms with Crippen molar-refractivity contribution < 1.29 is 50.9 Å². The van der Waals surface area contributed by atoms with Gasteiger partial charge >= 0.3 is 24.3 Å². The number of aliphatic carboxylic acids is 2. The molecule has 0 aliphatic carbocycles. The molecular weight excluding hydrogens is 488 g/mol. The number of piperidine rings is 1. The van der Waals surface area contributed by atoms with Gasteiger partial charge in [0, 0.05) is 32.3 Å². The number of likely N-dealkylation sites (N-methyl/N-ethyl adjacent to an activating group) is 1. The zero-order chi connectivity index (χ0) is 27.0. The molecule has 0 aromatic carbocycles. The van der Waals surface area contributed by atoms with Gasteiger partial charge in [0.25, 0.3) is 0 Å². The van der Waals surface area contributed by atoms with Gasteiger partial charge in [0.1, 0.15) is 0 Å². The molecule has 35 heavy (non-hydrogen) atoms. The van der Waals surface area contributed by atoms with Crippen molar-refractivity contribution in [3.8, 4) is 0 Å². The summed E-state index contributed by atoms with van der Waals surface area (Å²) in [5.74, 6) is -5.20. The number of carboxylic acid groups (broad SMARTS) is 2. The second kappa shape index (κ2) is 12.2. The predicted octanol–water partition coefficient (Wildman–Crippen LogP) is 3.71. The molecule has 0 bridgehead atoms. The first-order valence-electron chi connectivity index (χ1n) is 10.6. The van der Waals surface area contributed by atoms with E-state index in [1.807, 2.05) is 30.3 Å². The molecule has 1 aromatic heterocycles. The number of hydrogen-bond acceptors (Lipinski definition) is 5. The molecule has 2 aliphatic rings. The maximum Gasteiger partial charge on any atom is 0.490 e. The summed E-state index contributed by atoms with van der Waals surface area (Å²) in [6.07, 6.45) is -3.18. The fourth-order valence-corrected chi connectivity index (χ4v) is 4.37. The lowest BCUT2D eigenvalue weighted by Gasteiger charge is -2.51. The number of hydrogen-bond donors (Lipinski definition) is 2. The van der Waals surface area contributed by atoms with Crippen LogP contribution in [0.25, 0.3) is 0 Å². The fourth-order valence-electron chi connectivity index (χ4n) is 4.37. The Morgan fingerprint density at radius 3 is 2.00 bits per heavy atom. The second-order valence-electron chi connectivity index (χ2n) is 7.98. The highest BCUT2D eigenvalue weighted by Crippen LogP contribution is 2.42. The monoisotopic (exact) mass is 515 g/mol. The highest BCUT2D eigenvalue weighted by molar-refractivity contribution is 5.79. The Hall–Kier alpha value is -2.90. The van der Waals surface area contributed by atoms with Crippen LogP contribution < -0.4 is 0 Å². The lowest BCUT2D eigenvalue weighted by molar-refractivity contribution is -0.193. The number of amides is 1. The summed E-state index contributed by atoms with van der Waals surface area (Å²) in [5, 5.41) is 14.2. The van der Waals surface area contributed by atoms with Gasteiger partial charge in [-0.3, -0.25) is 14.7 Å². The molecule has 1 spiro atoms. The molecule has 3 heterocycles. The molecule has 0 unspecified atom stereocenters. The Kier molecular flexibility index (Phi) is 10.5. The standard InChI is InChI=1S/C17H25N3O.2C2HF3O2/c1-3-15-17(10-8-16(21)19(17)2)9-6-12-20(15)13-14-7-4-5-11-18-14;2*3-2(4,5)1(6)7/h4-5,7,11,15H,3,6,8-10,12-13H2,1-2H3;2*(H,6,7)/t15-,17-;;/m0../s1. The normalized spacial score (nSPS) is 22.7. The molecule has 3 rings (SSSR count). The van der Waals surface area contributed by atoms with Gasteiger partial charge in [-0.1, -0.05) is 13.0 Å². The highest BCUT2D eigenvalue weighted by Gasteiger charge is 2.51. The molecule has 14 heteroatoms. The number of carbonyl (C=O) groups is 3. The largest absolute Gasteiger partial charge is 0.490 e. The summed E-state index contributed by atoms with van der Waals surface area (Å²) in [4.78, 5) is 38.9. The number of likely N-dealkylation sites (tertiary alicyclic amines) is 2. The van der Waals surface area contributed by atoms with Crippen LogP contribution in [0.5, 0.6) is 0 Å². The lowest BCUT2D eigenvalue weighted by atomic mass is 9.77. The smallest absolute Gasteiger partial charge is 0.475 e. The van der Waals surface area contributed by atoms with E-state index in [1.165, 1.54) is 6.42 Å². The Morgan fingerprint density at radius 1 is 1.09 bits per heavy atom. The summed E-state index contributed by atoms with van der Waals surface area (Å²) in [6.45, 7) is 4.25. The third kappa shape index (κ3) is 8.37. The Labute approximate surface area is 197 Å². The highest BCUT2D eigenvalue weighted by atomic mass is 19.4. The molecule has 0 saturated carbocycles. The van der Waals surface area contributed by atoms with Crippen LogP contribution in [0.3, 0.4) is 0 Å². The molecule has 2 saturated heterocycles. The fraction of sp³-hybridized carbons (Fsp3) is 0.619. The quantitative estimate of drug-likeness (QED) is 0.591. The van der Waals surface area contributed by atoms with Crippen LogP contribution >= 0.6 is 0 Å². The van der Waals surface area contributed by atoms with Crippen molar-refractivity contribution in [1.82, 2.24) is 14.8 Å². The van der Waals surface area contributed by atoms with E-state index in [2.05, 4.69) is 22.9 Å². The minimum atomic E-state index is -5.08. The van der Waals surface area contributed by atoms with E-state index in [4.69, 9.17) is 19.8 Å². The number of carboxylic acids is 2. The van der Waals surface area contributed by atoms with E-state index in [9.17, 15) is 31.1 Å². The van der Waals surface area contributed by atoms with Gasteiger partial charge in [0.15, 0.2) is 0 Å². The van der Waals surface area contributed by atoms with Crippen molar-refractivity contribution in [3.63, 3.8) is 0 Å². The third-order valence-corrected chi connectivity index (χ3v) is 5.89. The first-order chi connectivity index (χ1) is 16.1. The Balaban J connectivity index is 0.000000362. The van der Waals surface area contributed by atoms with E-state index in [0.717, 1.165) is 38.0 Å². The molecule has 0 radical (unpaired) electrons. The van der Waals surface area contributed by atoms with Crippen molar-refractivity contribution in [2.24, 2.45) is 0 Å². The molecule has 8 nitrogen and oxygen atoms in total. The Morgan fingerprint density at radius 2 is 1.63 bits per heavy atom. The van der Waals surface area contributed by atoms with Gasteiger partial charge in [-0.15, -0.1) is 0 Å². The van der Waals surface area contributed by atoms with Crippen LogP contribution in [0.15, 0.2) is 24.4 Å². The van der Waals surface area contributed by atoms with E-state index >= 15 is 0 Å². The van der Waals surface area contributed by atoms with E-state index in [1.54, 1.807) is 0 Å². The molecule has 2 fully saturated rings. The van der Waals surface area contributed by atoms with Gasteiger partial charge in [0.05, 0.1) is 11.2 Å². The first kappa shape index (κ1) is 30.1. The van der Waals surface area contributed by atoms with E-state index in [-0.39, 0.29) is 5.54 Å². The number of halogens is 6. The number of alkyl halides is 6. The lowest BCUT2D eigenvalue weighted by Crippen LogP contribution is -2.61. The zero-order valence-electron chi connectivity index (χ0n) is 19.1. The number of aromatic nitrogens is 1. The number of pyridine rings is 1. The summed E-state index contributed by atoms with van der Waals surface area (Å²) < 4.78 is 63.5.